The maximum Gasteiger partial charge on any atom is 0.270 e. The van der Waals surface area contributed by atoms with Gasteiger partial charge in [0.1, 0.15) is 4.21 Å². The van der Waals surface area contributed by atoms with Crippen LogP contribution in [0.4, 0.5) is 0 Å². The highest BCUT2D eigenvalue weighted by molar-refractivity contribution is 8.15. The summed E-state index contributed by atoms with van der Waals surface area (Å²) in [7, 11) is 1.48. The zero-order chi connectivity index (χ0) is 14.1. The van der Waals surface area contributed by atoms with E-state index < -0.39 is 9.05 Å². The Hall–Kier alpha value is -0.590. The van der Waals surface area contributed by atoms with Crippen LogP contribution in [-0.2, 0) is 9.05 Å². The number of rotatable bonds is 4. The van der Waals surface area contributed by atoms with Crippen LogP contribution in [0.25, 0.3) is 0 Å². The first-order chi connectivity index (χ1) is 8.80. The molecule has 4 nitrogen and oxygen atoms in total. The predicted molar refractivity (Wildman–Crippen MR) is 76.3 cm³/mol. The van der Waals surface area contributed by atoms with Gasteiger partial charge in [-0.15, -0.1) is 11.3 Å². The molecule has 1 saturated carbocycles. The van der Waals surface area contributed by atoms with Crippen LogP contribution < -0.4 is 5.32 Å². The first-order valence-corrected chi connectivity index (χ1v) is 9.30. The molecule has 0 saturated heterocycles. The van der Waals surface area contributed by atoms with Crippen molar-refractivity contribution >= 4 is 37.0 Å². The van der Waals surface area contributed by atoms with Crippen LogP contribution in [-0.4, -0.2) is 20.9 Å². The molecule has 1 N–H and O–H groups in total. The molecule has 1 aliphatic rings. The first-order valence-electron chi connectivity index (χ1n) is 6.12. The average Bonchev–Trinajstić information content (AvgIpc) is 2.94. The van der Waals surface area contributed by atoms with Crippen molar-refractivity contribution < 1.29 is 13.2 Å². The van der Waals surface area contributed by atoms with E-state index in [4.69, 9.17) is 10.7 Å². The van der Waals surface area contributed by atoms with Crippen LogP contribution in [0.15, 0.2) is 15.7 Å². The molecule has 0 radical (unpaired) electrons. The second-order valence-corrected chi connectivity index (χ2v) is 9.00. The van der Waals surface area contributed by atoms with Gasteiger partial charge in [-0.3, -0.25) is 4.79 Å². The van der Waals surface area contributed by atoms with Gasteiger partial charge in [0.15, 0.2) is 0 Å². The van der Waals surface area contributed by atoms with Gasteiger partial charge < -0.3 is 5.32 Å². The van der Waals surface area contributed by atoms with Crippen LogP contribution in [0, 0.1) is 5.41 Å². The molecule has 1 heterocycles. The summed E-state index contributed by atoms with van der Waals surface area (Å²) in [5.74, 6) is -0.240. The van der Waals surface area contributed by atoms with E-state index in [-0.39, 0.29) is 15.5 Å². The number of carbonyl (C=O) groups is 1. The first kappa shape index (κ1) is 14.8. The second-order valence-electron chi connectivity index (χ2n) is 5.29. The third-order valence-electron chi connectivity index (χ3n) is 3.56. The van der Waals surface area contributed by atoms with E-state index in [0.717, 1.165) is 24.2 Å². The molecule has 1 aliphatic carbocycles. The molecule has 0 atom stereocenters. The Kier molecular flexibility index (Phi) is 4.23. The Labute approximate surface area is 121 Å². The standard InChI is InChI=1S/C12H16ClNO3S2/c1-12(4-2-3-5-12)8-14-11(15)9-6-10(18-7-9)19(13,16)17/h6-7H,2-5,8H2,1H3,(H,14,15). The average molecular weight is 322 g/mol. The molecule has 1 aromatic rings. The molecule has 0 spiro atoms. The van der Waals surface area contributed by atoms with E-state index >= 15 is 0 Å². The van der Waals surface area contributed by atoms with Crippen molar-refractivity contribution in [2.24, 2.45) is 5.41 Å². The zero-order valence-corrected chi connectivity index (χ0v) is 13.0. The number of thiophene rings is 1. The minimum atomic E-state index is -3.75. The number of nitrogens with one attached hydrogen (secondary N) is 1. The van der Waals surface area contributed by atoms with E-state index in [1.807, 2.05) is 0 Å². The Morgan fingerprint density at radius 1 is 1.47 bits per heavy atom. The fraction of sp³-hybridized carbons (Fsp3) is 0.583. The smallest absolute Gasteiger partial charge is 0.270 e. The van der Waals surface area contributed by atoms with Crippen molar-refractivity contribution in [3.8, 4) is 0 Å². The van der Waals surface area contributed by atoms with E-state index in [0.29, 0.717) is 12.1 Å². The number of carbonyl (C=O) groups excluding carboxylic acids is 1. The molecule has 106 valence electrons. The molecule has 1 aromatic heterocycles. The summed E-state index contributed by atoms with van der Waals surface area (Å²) in [6.45, 7) is 2.80. The van der Waals surface area contributed by atoms with Gasteiger partial charge in [0, 0.05) is 22.6 Å². The van der Waals surface area contributed by atoms with Crippen molar-refractivity contribution in [1.29, 1.82) is 0 Å². The summed E-state index contributed by atoms with van der Waals surface area (Å²) >= 11 is 0.961. The second kappa shape index (κ2) is 5.42. The molecule has 2 rings (SSSR count). The minimum Gasteiger partial charge on any atom is -0.351 e. The minimum absolute atomic E-state index is 0.00592. The van der Waals surface area contributed by atoms with Crippen molar-refractivity contribution in [2.75, 3.05) is 6.54 Å². The highest BCUT2D eigenvalue weighted by Gasteiger charge is 2.29. The van der Waals surface area contributed by atoms with E-state index in [9.17, 15) is 13.2 Å². The van der Waals surface area contributed by atoms with Crippen molar-refractivity contribution in [2.45, 2.75) is 36.8 Å². The Balaban J connectivity index is 1.99. The monoisotopic (exact) mass is 321 g/mol. The van der Waals surface area contributed by atoms with Crippen molar-refractivity contribution in [3.63, 3.8) is 0 Å². The SMILES string of the molecule is CC1(CNC(=O)c2csc(S(=O)(=O)Cl)c2)CCCC1. The lowest BCUT2D eigenvalue weighted by Gasteiger charge is -2.23. The lowest BCUT2D eigenvalue weighted by atomic mass is 9.89. The maximum absolute atomic E-state index is 11.9. The number of amides is 1. The number of hydrogen-bond donors (Lipinski definition) is 1. The third kappa shape index (κ3) is 3.70. The summed E-state index contributed by atoms with van der Waals surface area (Å²) in [4.78, 5) is 11.9. The summed E-state index contributed by atoms with van der Waals surface area (Å²) in [6.07, 6.45) is 4.66. The lowest BCUT2D eigenvalue weighted by Crippen LogP contribution is -2.33. The van der Waals surface area contributed by atoms with Gasteiger partial charge in [0.2, 0.25) is 0 Å². The van der Waals surface area contributed by atoms with Gasteiger partial charge in [-0.2, -0.15) is 0 Å². The maximum atomic E-state index is 11.9. The highest BCUT2D eigenvalue weighted by Crippen LogP contribution is 2.36. The van der Waals surface area contributed by atoms with Gasteiger partial charge in [0.25, 0.3) is 15.0 Å². The fourth-order valence-electron chi connectivity index (χ4n) is 2.36. The molecular formula is C12H16ClNO3S2. The van der Waals surface area contributed by atoms with Gasteiger partial charge in [-0.1, -0.05) is 19.8 Å². The normalized spacial score (nSPS) is 18.4. The quantitative estimate of drug-likeness (QED) is 0.867. The highest BCUT2D eigenvalue weighted by atomic mass is 35.7. The van der Waals surface area contributed by atoms with Gasteiger partial charge in [0.05, 0.1) is 5.56 Å². The molecule has 0 bridgehead atoms. The lowest BCUT2D eigenvalue weighted by molar-refractivity contribution is 0.0934. The number of halogens is 1. The summed E-state index contributed by atoms with van der Waals surface area (Å²) in [5, 5.41) is 4.39. The molecular weight excluding hydrogens is 306 g/mol. The van der Waals surface area contributed by atoms with Crippen LogP contribution in [0.5, 0.6) is 0 Å². The molecule has 1 amide bonds. The van der Waals surface area contributed by atoms with E-state index in [1.54, 1.807) is 0 Å². The topological polar surface area (TPSA) is 63.2 Å². The Morgan fingerprint density at radius 3 is 2.63 bits per heavy atom. The van der Waals surface area contributed by atoms with Crippen LogP contribution in [0.2, 0.25) is 0 Å². The fourth-order valence-corrected chi connectivity index (χ4v) is 4.31. The molecule has 19 heavy (non-hydrogen) atoms. The van der Waals surface area contributed by atoms with Gasteiger partial charge >= 0.3 is 0 Å². The Bertz CT molecular complexity index is 574. The van der Waals surface area contributed by atoms with Crippen LogP contribution >= 0.6 is 22.0 Å². The predicted octanol–water partition coefficient (Wildman–Crippen LogP) is 2.99. The van der Waals surface area contributed by atoms with Crippen LogP contribution in [0.1, 0.15) is 43.0 Å². The largest absolute Gasteiger partial charge is 0.351 e. The van der Waals surface area contributed by atoms with E-state index in [1.165, 1.54) is 24.3 Å². The molecule has 1 fully saturated rings. The summed E-state index contributed by atoms with van der Waals surface area (Å²) in [5.41, 5.74) is 0.526. The molecule has 7 heteroatoms. The zero-order valence-electron chi connectivity index (χ0n) is 10.6. The van der Waals surface area contributed by atoms with Crippen molar-refractivity contribution in [3.05, 3.63) is 17.0 Å². The van der Waals surface area contributed by atoms with Crippen LogP contribution in [0.3, 0.4) is 0 Å². The summed E-state index contributed by atoms with van der Waals surface area (Å²) < 4.78 is 22.3. The van der Waals surface area contributed by atoms with Gasteiger partial charge in [-0.05, 0) is 24.3 Å². The molecule has 0 aromatic carbocycles. The van der Waals surface area contributed by atoms with Gasteiger partial charge in [-0.25, -0.2) is 8.42 Å². The summed E-state index contributed by atoms with van der Waals surface area (Å²) in [6, 6.07) is 1.32. The van der Waals surface area contributed by atoms with E-state index in [2.05, 4.69) is 12.2 Å². The number of hydrogen-bond acceptors (Lipinski definition) is 4. The molecule has 0 unspecified atom stereocenters. The molecule has 0 aliphatic heterocycles. The Morgan fingerprint density at radius 2 is 2.11 bits per heavy atom. The van der Waals surface area contributed by atoms with Crippen molar-refractivity contribution in [1.82, 2.24) is 5.32 Å². The third-order valence-corrected chi connectivity index (χ3v) is 6.60.